The van der Waals surface area contributed by atoms with Crippen LogP contribution in [0, 0.1) is 0 Å². The van der Waals surface area contributed by atoms with Gasteiger partial charge in [0.05, 0.1) is 42.2 Å². The predicted molar refractivity (Wildman–Crippen MR) is 111 cm³/mol. The number of hydrogen-bond acceptors (Lipinski definition) is 6. The minimum Gasteiger partial charge on any atom is -0.371 e. The number of rotatable bonds is 4. The molecule has 31 heavy (non-hydrogen) atoms. The van der Waals surface area contributed by atoms with E-state index in [1.54, 1.807) is 29.6 Å². The molecule has 2 aliphatic rings. The lowest BCUT2D eigenvalue weighted by molar-refractivity contribution is -0.131. The summed E-state index contributed by atoms with van der Waals surface area (Å²) in [5.41, 5.74) is 2.30. The van der Waals surface area contributed by atoms with E-state index in [2.05, 4.69) is 15.3 Å². The average molecular weight is 421 g/mol. The molecule has 5 rings (SSSR count). The molecule has 9 nitrogen and oxygen atoms in total. The van der Waals surface area contributed by atoms with Gasteiger partial charge in [-0.05, 0) is 24.3 Å². The Bertz CT molecular complexity index is 1070. The lowest BCUT2D eigenvalue weighted by Crippen LogP contribution is -2.41. The molecule has 160 valence electrons. The molecule has 2 fully saturated rings. The highest BCUT2D eigenvalue weighted by Gasteiger charge is 2.39. The van der Waals surface area contributed by atoms with Crippen LogP contribution in [0.2, 0.25) is 0 Å². The topological polar surface area (TPSA) is 98.6 Å². The number of aromatic nitrogens is 3. The summed E-state index contributed by atoms with van der Waals surface area (Å²) in [5, 5.41) is 2.93. The predicted octanol–water partition coefficient (Wildman–Crippen LogP) is 0.856. The summed E-state index contributed by atoms with van der Waals surface area (Å²) in [6.07, 6.45) is 4.43. The Kier molecular flexibility index (Phi) is 5.35. The Morgan fingerprint density at radius 2 is 1.84 bits per heavy atom. The summed E-state index contributed by atoms with van der Waals surface area (Å²) in [5.74, 6) is -0.202. The number of ether oxygens (including phenoxy) is 2. The molecule has 4 heterocycles. The molecule has 0 aliphatic carbocycles. The van der Waals surface area contributed by atoms with Crippen molar-refractivity contribution in [1.82, 2.24) is 24.8 Å². The van der Waals surface area contributed by atoms with E-state index in [1.807, 2.05) is 28.8 Å². The van der Waals surface area contributed by atoms with E-state index in [4.69, 9.17) is 9.47 Å². The van der Waals surface area contributed by atoms with E-state index < -0.39 is 0 Å². The number of likely N-dealkylation sites (tertiary alicyclic amines) is 1. The number of nitrogens with zero attached hydrogens (tertiary/aromatic N) is 4. The third-order valence-electron chi connectivity index (χ3n) is 5.68. The van der Waals surface area contributed by atoms with Crippen LogP contribution in [0.25, 0.3) is 11.0 Å². The van der Waals surface area contributed by atoms with Crippen molar-refractivity contribution in [2.24, 2.45) is 0 Å². The molecular weight excluding hydrogens is 398 g/mol. The zero-order chi connectivity index (χ0) is 21.2. The van der Waals surface area contributed by atoms with Crippen molar-refractivity contribution in [1.29, 1.82) is 0 Å². The molecule has 1 aromatic carbocycles. The van der Waals surface area contributed by atoms with E-state index in [0.29, 0.717) is 31.9 Å². The number of carbonyl (C=O) groups is 2. The van der Waals surface area contributed by atoms with Gasteiger partial charge in [0.15, 0.2) is 0 Å². The maximum absolute atomic E-state index is 12.9. The van der Waals surface area contributed by atoms with Gasteiger partial charge in [0.25, 0.3) is 5.91 Å². The van der Waals surface area contributed by atoms with Crippen LogP contribution in [0.5, 0.6) is 0 Å². The summed E-state index contributed by atoms with van der Waals surface area (Å²) >= 11 is 0. The van der Waals surface area contributed by atoms with Crippen molar-refractivity contribution in [3.8, 4) is 0 Å². The van der Waals surface area contributed by atoms with Crippen LogP contribution in [0.3, 0.4) is 0 Å². The normalized spacial score (nSPS) is 21.6. The van der Waals surface area contributed by atoms with Gasteiger partial charge in [-0.15, -0.1) is 0 Å². The Hall–Kier alpha value is -3.30. The Balaban J connectivity index is 1.16. The van der Waals surface area contributed by atoms with E-state index in [-0.39, 0.29) is 36.6 Å². The lowest BCUT2D eigenvalue weighted by atomic mass is 10.2. The highest BCUT2D eigenvalue weighted by molar-refractivity contribution is 5.94. The summed E-state index contributed by atoms with van der Waals surface area (Å²) < 4.78 is 13.8. The molecule has 0 spiro atoms. The quantitative estimate of drug-likeness (QED) is 0.671. The third kappa shape index (κ3) is 4.14. The first-order valence-corrected chi connectivity index (χ1v) is 10.3. The number of nitrogens with one attached hydrogen (secondary N) is 1. The van der Waals surface area contributed by atoms with E-state index in [0.717, 1.165) is 11.0 Å². The summed E-state index contributed by atoms with van der Waals surface area (Å²) in [7, 11) is 0. The van der Waals surface area contributed by atoms with Crippen molar-refractivity contribution in [2.75, 3.05) is 26.3 Å². The van der Waals surface area contributed by atoms with Crippen LogP contribution in [0.4, 0.5) is 0 Å². The molecule has 9 heteroatoms. The molecule has 2 atom stereocenters. The van der Waals surface area contributed by atoms with Gasteiger partial charge in [0, 0.05) is 25.5 Å². The molecule has 3 aromatic rings. The fourth-order valence-corrected chi connectivity index (χ4v) is 4.03. The molecule has 0 bridgehead atoms. The smallest absolute Gasteiger partial charge is 0.253 e. The molecule has 2 aromatic heterocycles. The molecule has 0 unspecified atom stereocenters. The second kappa shape index (κ2) is 8.44. The Morgan fingerprint density at radius 1 is 1.06 bits per heavy atom. The highest BCUT2D eigenvalue weighted by Crippen LogP contribution is 2.21. The molecule has 2 saturated heterocycles. The maximum atomic E-state index is 12.9. The van der Waals surface area contributed by atoms with Crippen LogP contribution >= 0.6 is 0 Å². The Morgan fingerprint density at radius 3 is 2.58 bits per heavy atom. The molecule has 0 radical (unpaired) electrons. The van der Waals surface area contributed by atoms with E-state index >= 15 is 0 Å². The highest BCUT2D eigenvalue weighted by atomic mass is 16.6. The summed E-state index contributed by atoms with van der Waals surface area (Å²) in [4.78, 5) is 35.3. The number of imidazole rings is 1. The number of para-hydroxylation sites is 2. The van der Waals surface area contributed by atoms with Crippen LogP contribution in [-0.4, -0.2) is 75.8 Å². The fourth-order valence-electron chi connectivity index (χ4n) is 4.03. The van der Waals surface area contributed by atoms with Gasteiger partial charge in [-0.25, -0.2) is 4.98 Å². The largest absolute Gasteiger partial charge is 0.371 e. The van der Waals surface area contributed by atoms with Crippen molar-refractivity contribution in [2.45, 2.75) is 24.8 Å². The lowest BCUT2D eigenvalue weighted by Gasteiger charge is -2.19. The SMILES string of the molecule is O=C(NC1CO[C@H]2CN(C(=O)Cn3cnc4ccccc43)C[C@@H]2OC1)c1cccnc1. The van der Waals surface area contributed by atoms with Crippen molar-refractivity contribution in [3.63, 3.8) is 0 Å². The molecule has 2 aliphatic heterocycles. The minimum atomic E-state index is -0.250. The Labute approximate surface area is 179 Å². The first-order chi connectivity index (χ1) is 15.2. The van der Waals surface area contributed by atoms with Gasteiger partial charge in [-0.2, -0.15) is 0 Å². The van der Waals surface area contributed by atoms with Gasteiger partial charge in [-0.3, -0.25) is 14.6 Å². The number of benzene rings is 1. The molecule has 2 amide bonds. The third-order valence-corrected chi connectivity index (χ3v) is 5.68. The minimum absolute atomic E-state index is 0.00450. The maximum Gasteiger partial charge on any atom is 0.253 e. The first kappa shape index (κ1) is 19.7. The van der Waals surface area contributed by atoms with Crippen LogP contribution in [0.15, 0.2) is 55.1 Å². The number of amides is 2. The van der Waals surface area contributed by atoms with E-state index in [1.165, 1.54) is 6.20 Å². The van der Waals surface area contributed by atoms with Crippen molar-refractivity contribution < 1.29 is 19.1 Å². The number of hydrogen-bond donors (Lipinski definition) is 1. The van der Waals surface area contributed by atoms with Crippen molar-refractivity contribution >= 4 is 22.8 Å². The summed E-state index contributed by atoms with van der Waals surface area (Å²) in [6.45, 7) is 1.84. The van der Waals surface area contributed by atoms with Gasteiger partial charge in [0.2, 0.25) is 5.91 Å². The fraction of sp³-hybridized carbons (Fsp3) is 0.364. The van der Waals surface area contributed by atoms with Gasteiger partial charge >= 0.3 is 0 Å². The van der Waals surface area contributed by atoms with Crippen molar-refractivity contribution in [3.05, 3.63) is 60.7 Å². The average Bonchev–Trinajstić information content (AvgIpc) is 3.35. The van der Waals surface area contributed by atoms with Gasteiger partial charge in [0.1, 0.15) is 18.8 Å². The second-order valence-electron chi connectivity index (χ2n) is 7.82. The first-order valence-electron chi connectivity index (χ1n) is 10.3. The van der Waals surface area contributed by atoms with Crippen LogP contribution in [0.1, 0.15) is 10.4 Å². The zero-order valence-corrected chi connectivity index (χ0v) is 16.9. The monoisotopic (exact) mass is 421 g/mol. The van der Waals surface area contributed by atoms with E-state index in [9.17, 15) is 9.59 Å². The standard InChI is InChI=1S/C22H23N5O4/c28-21(11-27-14-24-17-5-1-2-6-18(17)27)26-9-19-20(10-26)31-13-16(12-30-19)25-22(29)15-4-3-7-23-8-15/h1-8,14,16,19-20H,9-13H2,(H,25,29)/t19-,20-/m0/s1. The van der Waals surface area contributed by atoms with Crippen LogP contribution in [-0.2, 0) is 20.8 Å². The number of fused-ring (bicyclic) bond motifs is 2. The molecular formula is C22H23N5O4. The number of pyridine rings is 1. The summed E-state index contributed by atoms with van der Waals surface area (Å²) in [6, 6.07) is 10.9. The number of carbonyl (C=O) groups excluding carboxylic acids is 2. The molecule has 0 saturated carbocycles. The molecule has 1 N–H and O–H groups in total. The van der Waals surface area contributed by atoms with Crippen LogP contribution < -0.4 is 5.32 Å². The van der Waals surface area contributed by atoms with Gasteiger partial charge in [-0.1, -0.05) is 12.1 Å². The zero-order valence-electron chi connectivity index (χ0n) is 16.9. The van der Waals surface area contributed by atoms with Gasteiger partial charge < -0.3 is 24.3 Å². The second-order valence-corrected chi connectivity index (χ2v) is 7.82.